The van der Waals surface area contributed by atoms with Crippen LogP contribution in [0.3, 0.4) is 0 Å². The van der Waals surface area contributed by atoms with Crippen LogP contribution < -0.4 is 9.64 Å². The number of ether oxygens (including phenoxy) is 1. The van der Waals surface area contributed by atoms with Crippen LogP contribution in [0.15, 0.2) is 24.3 Å². The first-order valence-electron chi connectivity index (χ1n) is 6.55. The van der Waals surface area contributed by atoms with Crippen LogP contribution in [-0.4, -0.2) is 35.9 Å². The lowest BCUT2D eigenvalue weighted by molar-refractivity contribution is 0.0754. The molecular formula is C15H13Cl2NO3. The molecule has 1 aliphatic rings. The van der Waals surface area contributed by atoms with Gasteiger partial charge in [-0.1, -0.05) is 12.1 Å². The number of rotatable bonds is 5. The van der Waals surface area contributed by atoms with E-state index in [4.69, 9.17) is 27.9 Å². The fourth-order valence-corrected chi connectivity index (χ4v) is 3.03. The molecule has 1 aliphatic heterocycles. The summed E-state index contributed by atoms with van der Waals surface area (Å²) in [6, 6.07) is 6.86. The highest BCUT2D eigenvalue weighted by Crippen LogP contribution is 2.45. The van der Waals surface area contributed by atoms with Gasteiger partial charge in [-0.15, -0.1) is 23.2 Å². The van der Waals surface area contributed by atoms with E-state index in [1.54, 1.807) is 24.3 Å². The van der Waals surface area contributed by atoms with E-state index in [9.17, 15) is 9.90 Å². The van der Waals surface area contributed by atoms with Gasteiger partial charge in [-0.3, -0.25) is 0 Å². The first-order chi connectivity index (χ1) is 10.2. The van der Waals surface area contributed by atoms with Gasteiger partial charge in [0, 0.05) is 41.7 Å². The predicted octanol–water partition coefficient (Wildman–Crippen LogP) is 3.36. The van der Waals surface area contributed by atoms with E-state index in [2.05, 4.69) is 0 Å². The Bertz CT molecular complexity index is 712. The molecule has 6 heteroatoms. The summed E-state index contributed by atoms with van der Waals surface area (Å²) in [6.07, 6.45) is 0. The molecular weight excluding hydrogens is 313 g/mol. The molecule has 2 aromatic carbocycles. The van der Waals surface area contributed by atoms with Gasteiger partial charge in [-0.05, 0) is 6.07 Å². The molecule has 0 atom stereocenters. The first-order valence-corrected chi connectivity index (χ1v) is 7.62. The second-order valence-corrected chi connectivity index (χ2v) is 5.48. The Morgan fingerprint density at radius 3 is 2.57 bits per heavy atom. The van der Waals surface area contributed by atoms with E-state index in [1.165, 1.54) is 0 Å². The van der Waals surface area contributed by atoms with Crippen molar-refractivity contribution in [3.05, 3.63) is 29.8 Å². The molecule has 0 saturated carbocycles. The predicted molar refractivity (Wildman–Crippen MR) is 84.2 cm³/mol. The number of phenols is 1. The second kappa shape index (κ2) is 5.62. The molecule has 1 heterocycles. The molecule has 2 aromatic rings. The average molecular weight is 326 g/mol. The number of benzene rings is 2. The lowest BCUT2D eigenvalue weighted by Crippen LogP contribution is -2.27. The monoisotopic (exact) mass is 325 g/mol. The Morgan fingerprint density at radius 2 is 1.90 bits per heavy atom. The molecule has 0 aliphatic carbocycles. The minimum atomic E-state index is -0.395. The van der Waals surface area contributed by atoms with Crippen molar-refractivity contribution >= 4 is 45.6 Å². The SMILES string of the molecule is O=C1Oc2cc(N(CCCl)CCCl)c(O)c3cccc1c23. The molecule has 0 unspecified atom stereocenters. The lowest BCUT2D eigenvalue weighted by Gasteiger charge is -2.24. The Balaban J connectivity index is 2.20. The summed E-state index contributed by atoms with van der Waals surface area (Å²) in [7, 11) is 0. The zero-order valence-corrected chi connectivity index (χ0v) is 12.6. The van der Waals surface area contributed by atoms with E-state index in [1.807, 2.05) is 4.90 Å². The maximum Gasteiger partial charge on any atom is 0.344 e. The zero-order valence-electron chi connectivity index (χ0n) is 11.1. The third-order valence-electron chi connectivity index (χ3n) is 3.55. The maximum absolute atomic E-state index is 11.8. The maximum atomic E-state index is 11.8. The molecule has 3 rings (SSSR count). The molecule has 0 fully saturated rings. The summed E-state index contributed by atoms with van der Waals surface area (Å²) >= 11 is 11.6. The van der Waals surface area contributed by atoms with Gasteiger partial charge in [0.1, 0.15) is 11.5 Å². The summed E-state index contributed by atoms with van der Waals surface area (Å²) in [6.45, 7) is 1.08. The number of phenolic OH excluding ortho intramolecular Hbond substituents is 1. The number of hydrogen-bond donors (Lipinski definition) is 1. The topological polar surface area (TPSA) is 49.8 Å². The smallest absolute Gasteiger partial charge is 0.344 e. The molecule has 110 valence electrons. The molecule has 4 nitrogen and oxygen atoms in total. The minimum absolute atomic E-state index is 0.115. The minimum Gasteiger partial charge on any atom is -0.505 e. The van der Waals surface area contributed by atoms with Crippen LogP contribution in [-0.2, 0) is 0 Å². The molecule has 0 saturated heterocycles. The largest absolute Gasteiger partial charge is 0.505 e. The molecule has 0 radical (unpaired) electrons. The number of esters is 1. The molecule has 0 amide bonds. The van der Waals surface area contributed by atoms with Gasteiger partial charge in [-0.25, -0.2) is 4.79 Å². The Labute approximate surface area is 131 Å². The van der Waals surface area contributed by atoms with Crippen molar-refractivity contribution in [1.29, 1.82) is 0 Å². The number of aromatic hydroxyl groups is 1. The van der Waals surface area contributed by atoms with Gasteiger partial charge >= 0.3 is 5.97 Å². The van der Waals surface area contributed by atoms with Gasteiger partial charge in [0.05, 0.1) is 11.3 Å². The van der Waals surface area contributed by atoms with Crippen molar-refractivity contribution in [2.24, 2.45) is 0 Å². The van der Waals surface area contributed by atoms with Crippen LogP contribution in [0, 0.1) is 0 Å². The molecule has 21 heavy (non-hydrogen) atoms. The summed E-state index contributed by atoms with van der Waals surface area (Å²) < 4.78 is 5.28. The third kappa shape index (κ3) is 2.28. The average Bonchev–Trinajstić information content (AvgIpc) is 2.80. The number of anilines is 1. The van der Waals surface area contributed by atoms with E-state index in [0.717, 1.165) is 0 Å². The molecule has 0 bridgehead atoms. The summed E-state index contributed by atoms with van der Waals surface area (Å²) in [5.74, 6) is 0.998. The van der Waals surface area contributed by atoms with Crippen LogP contribution >= 0.6 is 23.2 Å². The van der Waals surface area contributed by atoms with Gasteiger partial charge < -0.3 is 14.7 Å². The normalized spacial score (nSPS) is 12.8. The standard InChI is InChI=1S/C15H13Cl2NO3/c16-4-6-18(7-5-17)11-8-12-13-9(14(11)19)2-1-3-10(13)15(20)21-12/h1-3,8,19H,4-7H2. The van der Waals surface area contributed by atoms with E-state index >= 15 is 0 Å². The quantitative estimate of drug-likeness (QED) is 0.520. The van der Waals surface area contributed by atoms with E-state index < -0.39 is 5.97 Å². The highest BCUT2D eigenvalue weighted by Gasteiger charge is 2.27. The summed E-state index contributed by atoms with van der Waals surface area (Å²) in [5, 5.41) is 11.8. The van der Waals surface area contributed by atoms with Crippen LogP contribution in [0.1, 0.15) is 10.4 Å². The summed E-state index contributed by atoms with van der Waals surface area (Å²) in [4.78, 5) is 13.7. The van der Waals surface area contributed by atoms with E-state index in [-0.39, 0.29) is 5.75 Å². The van der Waals surface area contributed by atoms with Crippen molar-refractivity contribution in [2.75, 3.05) is 29.7 Å². The van der Waals surface area contributed by atoms with Gasteiger partial charge in [-0.2, -0.15) is 0 Å². The zero-order chi connectivity index (χ0) is 15.0. The number of carbonyl (C=O) groups is 1. The van der Waals surface area contributed by atoms with Crippen LogP contribution in [0.25, 0.3) is 10.8 Å². The molecule has 0 aromatic heterocycles. The summed E-state index contributed by atoms with van der Waals surface area (Å²) in [5.41, 5.74) is 1.05. The first kappa shape index (κ1) is 14.3. The Hall–Kier alpha value is -1.65. The fourth-order valence-electron chi connectivity index (χ4n) is 2.62. The molecule has 0 spiro atoms. The third-order valence-corrected chi connectivity index (χ3v) is 3.89. The van der Waals surface area contributed by atoms with Gasteiger partial charge in [0.25, 0.3) is 0 Å². The lowest BCUT2D eigenvalue weighted by atomic mass is 10.0. The number of carbonyl (C=O) groups excluding carboxylic acids is 1. The number of hydrogen-bond acceptors (Lipinski definition) is 4. The van der Waals surface area contributed by atoms with Gasteiger partial charge in [0.15, 0.2) is 0 Å². The van der Waals surface area contributed by atoms with E-state index in [0.29, 0.717) is 52.6 Å². The fraction of sp³-hybridized carbons (Fsp3) is 0.267. The molecule has 1 N–H and O–H groups in total. The Kier molecular flexibility index (Phi) is 3.83. The van der Waals surface area contributed by atoms with Crippen molar-refractivity contribution in [3.63, 3.8) is 0 Å². The van der Waals surface area contributed by atoms with Crippen LogP contribution in [0.2, 0.25) is 0 Å². The number of alkyl halides is 2. The van der Waals surface area contributed by atoms with Crippen molar-refractivity contribution in [2.45, 2.75) is 0 Å². The van der Waals surface area contributed by atoms with Crippen molar-refractivity contribution < 1.29 is 14.6 Å². The highest BCUT2D eigenvalue weighted by atomic mass is 35.5. The van der Waals surface area contributed by atoms with Gasteiger partial charge in [0.2, 0.25) is 0 Å². The second-order valence-electron chi connectivity index (χ2n) is 4.73. The van der Waals surface area contributed by atoms with Crippen molar-refractivity contribution in [3.8, 4) is 11.5 Å². The Morgan fingerprint density at radius 1 is 1.19 bits per heavy atom. The van der Waals surface area contributed by atoms with Crippen molar-refractivity contribution in [1.82, 2.24) is 0 Å². The van der Waals surface area contributed by atoms with Crippen LogP contribution in [0.4, 0.5) is 5.69 Å². The number of halogens is 2. The highest BCUT2D eigenvalue weighted by molar-refractivity contribution is 6.19. The van der Waals surface area contributed by atoms with Crippen LogP contribution in [0.5, 0.6) is 11.5 Å². The number of nitrogens with zero attached hydrogens (tertiary/aromatic N) is 1.